The summed E-state index contributed by atoms with van der Waals surface area (Å²) in [5, 5.41) is 9.34. The van der Waals surface area contributed by atoms with Crippen LogP contribution < -0.4 is 4.74 Å². The number of carboxylic acid groups (broad SMARTS) is 1. The van der Waals surface area contributed by atoms with Crippen LogP contribution in [0.5, 0.6) is 5.75 Å². The summed E-state index contributed by atoms with van der Waals surface area (Å²) in [4.78, 5) is 11.4. The normalized spacial score (nSPS) is 19.1. The van der Waals surface area contributed by atoms with E-state index >= 15 is 4.39 Å². The van der Waals surface area contributed by atoms with Gasteiger partial charge in [0.1, 0.15) is 12.4 Å². The van der Waals surface area contributed by atoms with E-state index in [-0.39, 0.29) is 47.2 Å². The molecular weight excluding hydrogens is 520 g/mol. The molecule has 0 aromatic heterocycles. The van der Waals surface area contributed by atoms with E-state index in [0.717, 1.165) is 55.4 Å². The smallest absolute Gasteiger partial charge is 0.303 e. The van der Waals surface area contributed by atoms with Gasteiger partial charge in [-0.3, -0.25) is 4.79 Å². The minimum absolute atomic E-state index is 0.0490. The predicted molar refractivity (Wildman–Crippen MR) is 146 cm³/mol. The van der Waals surface area contributed by atoms with Crippen molar-refractivity contribution in [1.82, 2.24) is 0 Å². The molecule has 2 atom stereocenters. The van der Waals surface area contributed by atoms with Crippen LogP contribution in [0.15, 0.2) is 54.6 Å². The Morgan fingerprint density at radius 3 is 2.45 bits per heavy atom. The van der Waals surface area contributed by atoms with E-state index in [9.17, 15) is 23.1 Å². The third-order valence-corrected chi connectivity index (χ3v) is 8.65. The van der Waals surface area contributed by atoms with Gasteiger partial charge in [0.15, 0.2) is 11.6 Å². The molecule has 0 amide bonds. The minimum Gasteiger partial charge on any atom is -0.486 e. The predicted octanol–water partition coefficient (Wildman–Crippen LogP) is 9.41. The second-order valence-corrected chi connectivity index (χ2v) is 11.9. The SMILES string of the molecule is CC1(C)CCCC1c1cc(COc2cccc([C@@H](CC(=O)O)C3CC3)c2F)ccc1-c1cc(C(F)F)ccc1F. The molecule has 3 aromatic carbocycles. The number of hydrogen-bond donors (Lipinski definition) is 1. The van der Waals surface area contributed by atoms with E-state index in [1.807, 2.05) is 6.07 Å². The van der Waals surface area contributed by atoms with Gasteiger partial charge in [-0.05, 0) is 83.4 Å². The molecule has 2 saturated carbocycles. The van der Waals surface area contributed by atoms with Crippen molar-refractivity contribution in [2.24, 2.45) is 11.3 Å². The quantitative estimate of drug-likeness (QED) is 0.254. The zero-order valence-corrected chi connectivity index (χ0v) is 22.7. The highest BCUT2D eigenvalue weighted by Crippen LogP contribution is 2.51. The summed E-state index contributed by atoms with van der Waals surface area (Å²) < 4.78 is 63.3. The second-order valence-electron chi connectivity index (χ2n) is 11.9. The van der Waals surface area contributed by atoms with E-state index in [0.29, 0.717) is 11.1 Å². The van der Waals surface area contributed by atoms with Crippen LogP contribution in [0.25, 0.3) is 11.1 Å². The fourth-order valence-electron chi connectivity index (χ4n) is 6.33. The summed E-state index contributed by atoms with van der Waals surface area (Å²) in [6.45, 7) is 4.38. The summed E-state index contributed by atoms with van der Waals surface area (Å²) in [5.41, 5.74) is 2.42. The van der Waals surface area contributed by atoms with Gasteiger partial charge < -0.3 is 9.84 Å². The van der Waals surface area contributed by atoms with Gasteiger partial charge >= 0.3 is 5.97 Å². The Morgan fingerprint density at radius 1 is 1.02 bits per heavy atom. The molecule has 3 aromatic rings. The lowest BCUT2D eigenvalue weighted by Crippen LogP contribution is -2.17. The summed E-state index contributed by atoms with van der Waals surface area (Å²) in [5.74, 6) is -2.15. The number of carboxylic acids is 1. The maximum Gasteiger partial charge on any atom is 0.303 e. The highest BCUT2D eigenvalue weighted by atomic mass is 19.3. The molecule has 2 aliphatic carbocycles. The molecule has 0 bridgehead atoms. The highest BCUT2D eigenvalue weighted by Gasteiger charge is 2.38. The lowest BCUT2D eigenvalue weighted by Gasteiger charge is -2.30. The lowest BCUT2D eigenvalue weighted by atomic mass is 9.75. The van der Waals surface area contributed by atoms with Crippen LogP contribution in [0, 0.1) is 23.0 Å². The largest absolute Gasteiger partial charge is 0.486 e. The van der Waals surface area contributed by atoms with Gasteiger partial charge in [-0.2, -0.15) is 0 Å². The zero-order valence-electron chi connectivity index (χ0n) is 22.7. The molecule has 5 rings (SSSR count). The average molecular weight is 555 g/mol. The van der Waals surface area contributed by atoms with Gasteiger partial charge in [0, 0.05) is 17.0 Å². The number of carbonyl (C=O) groups is 1. The Balaban J connectivity index is 1.47. The molecule has 0 aliphatic heterocycles. The van der Waals surface area contributed by atoms with Gasteiger partial charge in [-0.15, -0.1) is 0 Å². The van der Waals surface area contributed by atoms with Crippen molar-refractivity contribution in [3.05, 3.63) is 88.5 Å². The van der Waals surface area contributed by atoms with Crippen LogP contribution >= 0.6 is 0 Å². The van der Waals surface area contributed by atoms with Crippen molar-refractivity contribution >= 4 is 5.97 Å². The second kappa shape index (κ2) is 11.3. The number of alkyl halides is 2. The number of aliphatic carboxylic acids is 1. The topological polar surface area (TPSA) is 46.5 Å². The van der Waals surface area contributed by atoms with E-state index < -0.39 is 29.9 Å². The fraction of sp³-hybridized carbons (Fsp3) is 0.424. The van der Waals surface area contributed by atoms with Crippen LogP contribution in [0.4, 0.5) is 17.6 Å². The van der Waals surface area contributed by atoms with Gasteiger partial charge in [0.05, 0.1) is 6.42 Å². The van der Waals surface area contributed by atoms with Gasteiger partial charge in [-0.25, -0.2) is 17.6 Å². The molecule has 1 N–H and O–H groups in total. The standard InChI is InChI=1S/C33H34F4O3/c1-33(2)14-4-6-27(33)25-15-19(8-12-22(25)26-16-21(32(36)37)11-13-28(26)34)18-40-29-7-3-5-23(31(29)35)24(17-30(38)39)20-9-10-20/h3,5,7-8,11-13,15-16,20,24,27,32H,4,6,9-10,14,17-18H2,1-2H3,(H,38,39)/t24-,27?/m0/s1. The first-order valence-corrected chi connectivity index (χ1v) is 13.9. The van der Waals surface area contributed by atoms with Crippen molar-refractivity contribution in [2.45, 2.75) is 77.2 Å². The molecule has 2 aliphatic rings. The van der Waals surface area contributed by atoms with Gasteiger partial charge in [-0.1, -0.05) is 56.7 Å². The number of ether oxygens (including phenoxy) is 1. The Bertz CT molecular complexity index is 1400. The van der Waals surface area contributed by atoms with Crippen molar-refractivity contribution in [2.75, 3.05) is 0 Å². The maximum atomic E-state index is 15.5. The molecule has 0 saturated heterocycles. The number of hydrogen-bond acceptors (Lipinski definition) is 2. The Morgan fingerprint density at radius 2 is 1.80 bits per heavy atom. The van der Waals surface area contributed by atoms with Crippen molar-refractivity contribution in [3.63, 3.8) is 0 Å². The summed E-state index contributed by atoms with van der Waals surface area (Å²) in [7, 11) is 0. The molecule has 40 heavy (non-hydrogen) atoms. The molecule has 1 unspecified atom stereocenters. The van der Waals surface area contributed by atoms with Crippen LogP contribution in [-0.2, 0) is 11.4 Å². The van der Waals surface area contributed by atoms with Crippen LogP contribution in [0.1, 0.15) is 92.9 Å². The zero-order chi connectivity index (χ0) is 28.6. The molecule has 3 nitrogen and oxygen atoms in total. The molecule has 7 heteroatoms. The van der Waals surface area contributed by atoms with Gasteiger partial charge in [0.2, 0.25) is 0 Å². The first-order valence-electron chi connectivity index (χ1n) is 13.9. The third-order valence-electron chi connectivity index (χ3n) is 8.65. The van der Waals surface area contributed by atoms with Crippen molar-refractivity contribution in [1.29, 1.82) is 0 Å². The average Bonchev–Trinajstić information content (AvgIpc) is 3.69. The summed E-state index contributed by atoms with van der Waals surface area (Å²) in [6, 6.07) is 13.7. The summed E-state index contributed by atoms with van der Waals surface area (Å²) >= 11 is 0. The van der Waals surface area contributed by atoms with E-state index in [1.165, 1.54) is 12.1 Å². The number of rotatable bonds is 10. The Labute approximate surface area is 232 Å². The van der Waals surface area contributed by atoms with E-state index in [2.05, 4.69) is 13.8 Å². The van der Waals surface area contributed by atoms with Crippen LogP contribution in [0.2, 0.25) is 0 Å². The molecule has 0 heterocycles. The first kappa shape index (κ1) is 28.2. The molecular formula is C33H34F4O3. The van der Waals surface area contributed by atoms with E-state index in [4.69, 9.17) is 4.74 Å². The highest BCUT2D eigenvalue weighted by molar-refractivity contribution is 5.70. The minimum atomic E-state index is -2.71. The van der Waals surface area contributed by atoms with Crippen molar-refractivity contribution < 1.29 is 32.2 Å². The Kier molecular flexibility index (Phi) is 7.94. The Hall–Kier alpha value is -3.35. The summed E-state index contributed by atoms with van der Waals surface area (Å²) in [6.07, 6.45) is 1.83. The third kappa shape index (κ3) is 5.89. The maximum absolute atomic E-state index is 15.5. The first-order chi connectivity index (χ1) is 19.0. The number of halogens is 4. The van der Waals surface area contributed by atoms with Crippen LogP contribution in [0.3, 0.4) is 0 Å². The molecule has 0 radical (unpaired) electrons. The fourth-order valence-corrected chi connectivity index (χ4v) is 6.33. The van der Waals surface area contributed by atoms with Gasteiger partial charge in [0.25, 0.3) is 6.43 Å². The van der Waals surface area contributed by atoms with E-state index in [1.54, 1.807) is 24.3 Å². The monoisotopic (exact) mass is 554 g/mol. The lowest BCUT2D eigenvalue weighted by molar-refractivity contribution is -0.137. The molecule has 0 spiro atoms. The van der Waals surface area contributed by atoms with Crippen LogP contribution in [-0.4, -0.2) is 11.1 Å². The molecule has 2 fully saturated rings. The van der Waals surface area contributed by atoms with Crippen molar-refractivity contribution in [3.8, 4) is 16.9 Å². The molecule has 212 valence electrons. The number of benzene rings is 3.